The van der Waals surface area contributed by atoms with Gasteiger partial charge in [-0.05, 0) is 37.1 Å². The SMILES string of the molecule is OC1(CCc2cccs2)CCC2(CC1)OCCO2. The maximum atomic E-state index is 10.6. The lowest BCUT2D eigenvalue weighted by Crippen LogP contribution is -2.43. The van der Waals surface area contributed by atoms with E-state index in [0.29, 0.717) is 13.2 Å². The van der Waals surface area contributed by atoms with Crippen molar-refractivity contribution in [2.24, 2.45) is 0 Å². The van der Waals surface area contributed by atoms with E-state index in [1.54, 1.807) is 11.3 Å². The summed E-state index contributed by atoms with van der Waals surface area (Å²) in [6, 6.07) is 4.21. The standard InChI is InChI=1S/C14H20O3S/c15-13(4-3-12-2-1-11-18-12)5-7-14(8-6-13)16-9-10-17-14/h1-2,11,15H,3-10H2. The molecule has 1 saturated carbocycles. The predicted molar refractivity (Wildman–Crippen MR) is 70.7 cm³/mol. The van der Waals surface area contributed by atoms with Crippen LogP contribution in [0.25, 0.3) is 0 Å². The fraction of sp³-hybridized carbons (Fsp3) is 0.714. The van der Waals surface area contributed by atoms with Gasteiger partial charge in [0, 0.05) is 17.7 Å². The Kier molecular flexibility index (Phi) is 3.45. The fourth-order valence-electron chi connectivity index (χ4n) is 2.94. The van der Waals surface area contributed by atoms with Gasteiger partial charge in [-0.15, -0.1) is 11.3 Å². The zero-order chi connectivity index (χ0) is 12.5. The van der Waals surface area contributed by atoms with Gasteiger partial charge in [0.25, 0.3) is 0 Å². The maximum Gasteiger partial charge on any atom is 0.168 e. The second kappa shape index (κ2) is 4.93. The Morgan fingerprint density at radius 2 is 1.89 bits per heavy atom. The first kappa shape index (κ1) is 12.6. The molecule has 2 fully saturated rings. The summed E-state index contributed by atoms with van der Waals surface area (Å²) in [6.45, 7) is 1.40. The van der Waals surface area contributed by atoms with Gasteiger partial charge in [-0.2, -0.15) is 0 Å². The van der Waals surface area contributed by atoms with Gasteiger partial charge in [0.15, 0.2) is 5.79 Å². The first-order valence-electron chi connectivity index (χ1n) is 6.73. The minimum absolute atomic E-state index is 0.366. The average Bonchev–Trinajstić information content (AvgIpc) is 3.04. The number of rotatable bonds is 3. The molecule has 2 heterocycles. The summed E-state index contributed by atoms with van der Waals surface area (Å²) in [5, 5.41) is 12.7. The predicted octanol–water partition coefficient (Wildman–Crippen LogP) is 2.73. The van der Waals surface area contributed by atoms with E-state index in [9.17, 15) is 5.11 Å². The van der Waals surface area contributed by atoms with Crippen LogP contribution in [0.3, 0.4) is 0 Å². The molecule has 1 spiro atoms. The van der Waals surface area contributed by atoms with Gasteiger partial charge in [0.1, 0.15) is 0 Å². The molecule has 0 atom stereocenters. The lowest BCUT2D eigenvalue weighted by Gasteiger charge is -2.40. The van der Waals surface area contributed by atoms with E-state index in [0.717, 1.165) is 38.5 Å². The molecular weight excluding hydrogens is 248 g/mol. The van der Waals surface area contributed by atoms with Crippen LogP contribution < -0.4 is 0 Å². The van der Waals surface area contributed by atoms with Crippen molar-refractivity contribution in [3.05, 3.63) is 22.4 Å². The quantitative estimate of drug-likeness (QED) is 0.916. The Morgan fingerprint density at radius 3 is 2.50 bits per heavy atom. The average molecular weight is 268 g/mol. The fourth-order valence-corrected chi connectivity index (χ4v) is 3.65. The zero-order valence-electron chi connectivity index (χ0n) is 10.6. The van der Waals surface area contributed by atoms with Crippen LogP contribution in [0.1, 0.15) is 37.0 Å². The molecule has 100 valence electrons. The number of aryl methyl sites for hydroxylation is 1. The third-order valence-corrected chi connectivity index (χ3v) is 5.11. The number of aliphatic hydroxyl groups is 1. The Hall–Kier alpha value is -0.420. The molecular formula is C14H20O3S. The van der Waals surface area contributed by atoms with Gasteiger partial charge in [-0.25, -0.2) is 0 Å². The first-order valence-corrected chi connectivity index (χ1v) is 7.61. The molecule has 0 bridgehead atoms. The normalized spacial score (nSPS) is 25.6. The van der Waals surface area contributed by atoms with E-state index in [1.807, 2.05) is 0 Å². The summed E-state index contributed by atoms with van der Waals surface area (Å²) >= 11 is 1.77. The number of ether oxygens (including phenoxy) is 2. The van der Waals surface area contributed by atoms with Crippen LogP contribution in [-0.2, 0) is 15.9 Å². The van der Waals surface area contributed by atoms with Crippen molar-refractivity contribution in [2.45, 2.75) is 49.9 Å². The van der Waals surface area contributed by atoms with Gasteiger partial charge in [0.05, 0.1) is 18.8 Å². The monoisotopic (exact) mass is 268 g/mol. The third-order valence-electron chi connectivity index (χ3n) is 4.17. The molecule has 0 unspecified atom stereocenters. The van der Waals surface area contributed by atoms with E-state index in [-0.39, 0.29) is 5.79 Å². The van der Waals surface area contributed by atoms with Crippen LogP contribution in [0, 0.1) is 0 Å². The smallest absolute Gasteiger partial charge is 0.168 e. The van der Waals surface area contributed by atoms with Crippen LogP contribution in [0.5, 0.6) is 0 Å². The molecule has 3 nitrogen and oxygen atoms in total. The highest BCUT2D eigenvalue weighted by Crippen LogP contribution is 2.42. The highest BCUT2D eigenvalue weighted by atomic mass is 32.1. The van der Waals surface area contributed by atoms with Crippen LogP contribution in [0.4, 0.5) is 0 Å². The number of thiophene rings is 1. The molecule has 1 aromatic heterocycles. The van der Waals surface area contributed by atoms with E-state index in [2.05, 4.69) is 17.5 Å². The molecule has 1 aliphatic heterocycles. The van der Waals surface area contributed by atoms with Crippen LogP contribution in [-0.4, -0.2) is 29.7 Å². The zero-order valence-corrected chi connectivity index (χ0v) is 11.4. The molecule has 0 amide bonds. The molecule has 3 rings (SSSR count). The second-order valence-electron chi connectivity index (χ2n) is 5.41. The summed E-state index contributed by atoms with van der Waals surface area (Å²) in [5.41, 5.74) is -0.523. The van der Waals surface area contributed by atoms with Crippen molar-refractivity contribution in [2.75, 3.05) is 13.2 Å². The van der Waals surface area contributed by atoms with Crippen molar-refractivity contribution >= 4 is 11.3 Å². The Balaban J connectivity index is 1.53. The summed E-state index contributed by atoms with van der Waals surface area (Å²) < 4.78 is 11.4. The van der Waals surface area contributed by atoms with Crippen molar-refractivity contribution in [1.82, 2.24) is 0 Å². The maximum absolute atomic E-state index is 10.6. The summed E-state index contributed by atoms with van der Waals surface area (Å²) in [6.07, 6.45) is 5.06. The molecule has 0 radical (unpaired) electrons. The summed E-state index contributed by atoms with van der Waals surface area (Å²) in [4.78, 5) is 1.36. The molecule has 18 heavy (non-hydrogen) atoms. The van der Waals surface area contributed by atoms with Gasteiger partial charge < -0.3 is 14.6 Å². The van der Waals surface area contributed by atoms with Crippen LogP contribution >= 0.6 is 11.3 Å². The molecule has 4 heteroatoms. The lowest BCUT2D eigenvalue weighted by atomic mass is 9.78. The molecule has 2 aliphatic rings. The molecule has 1 N–H and O–H groups in total. The topological polar surface area (TPSA) is 38.7 Å². The van der Waals surface area contributed by atoms with E-state index >= 15 is 0 Å². The van der Waals surface area contributed by atoms with Crippen molar-refractivity contribution in [1.29, 1.82) is 0 Å². The van der Waals surface area contributed by atoms with Gasteiger partial charge in [0.2, 0.25) is 0 Å². The summed E-state index contributed by atoms with van der Waals surface area (Å²) in [5.74, 6) is -0.366. The highest BCUT2D eigenvalue weighted by molar-refractivity contribution is 7.09. The van der Waals surface area contributed by atoms with Crippen molar-refractivity contribution in [3.8, 4) is 0 Å². The van der Waals surface area contributed by atoms with E-state index in [4.69, 9.17) is 9.47 Å². The van der Waals surface area contributed by atoms with E-state index < -0.39 is 5.60 Å². The van der Waals surface area contributed by atoms with Crippen LogP contribution in [0.2, 0.25) is 0 Å². The molecule has 1 aromatic rings. The molecule has 1 saturated heterocycles. The first-order chi connectivity index (χ1) is 8.70. The second-order valence-corrected chi connectivity index (χ2v) is 6.44. The highest BCUT2D eigenvalue weighted by Gasteiger charge is 2.45. The third kappa shape index (κ3) is 2.62. The lowest BCUT2D eigenvalue weighted by molar-refractivity contribution is -0.203. The number of hydrogen-bond acceptors (Lipinski definition) is 4. The minimum Gasteiger partial charge on any atom is -0.390 e. The van der Waals surface area contributed by atoms with Crippen molar-refractivity contribution in [3.63, 3.8) is 0 Å². The molecule has 1 aliphatic carbocycles. The minimum atomic E-state index is -0.523. The Labute approximate surface area is 112 Å². The van der Waals surface area contributed by atoms with Gasteiger partial charge >= 0.3 is 0 Å². The van der Waals surface area contributed by atoms with Gasteiger partial charge in [-0.1, -0.05) is 6.07 Å². The molecule has 0 aromatic carbocycles. The van der Waals surface area contributed by atoms with Crippen LogP contribution in [0.15, 0.2) is 17.5 Å². The van der Waals surface area contributed by atoms with E-state index in [1.165, 1.54) is 4.88 Å². The Bertz CT molecular complexity index is 372. The van der Waals surface area contributed by atoms with Crippen molar-refractivity contribution < 1.29 is 14.6 Å². The number of hydrogen-bond donors (Lipinski definition) is 1. The van der Waals surface area contributed by atoms with Gasteiger partial charge in [-0.3, -0.25) is 0 Å². The largest absolute Gasteiger partial charge is 0.390 e. The Morgan fingerprint density at radius 1 is 1.17 bits per heavy atom. The summed E-state index contributed by atoms with van der Waals surface area (Å²) in [7, 11) is 0.